The number of carbonyl (C=O) groups excluding carboxylic acids is 1. The number of nitrogens with zero attached hydrogens (tertiary/aromatic N) is 2. The third-order valence-corrected chi connectivity index (χ3v) is 4.13. The first-order valence-electron chi connectivity index (χ1n) is 7.87. The second-order valence-electron chi connectivity index (χ2n) is 6.37. The highest BCUT2D eigenvalue weighted by atomic mass is 19.4. The predicted molar refractivity (Wildman–Crippen MR) is 83.1 cm³/mol. The Balaban J connectivity index is 2.08. The van der Waals surface area contributed by atoms with Crippen LogP contribution in [-0.4, -0.2) is 48.9 Å². The summed E-state index contributed by atoms with van der Waals surface area (Å²) < 4.78 is 38.3. The highest BCUT2D eigenvalue weighted by Gasteiger charge is 2.31. The van der Waals surface area contributed by atoms with Gasteiger partial charge in [-0.15, -0.1) is 0 Å². The molecule has 1 fully saturated rings. The summed E-state index contributed by atoms with van der Waals surface area (Å²) in [4.78, 5) is 16.4. The number of hydrogen-bond acceptors (Lipinski definition) is 2. The molecule has 6 heteroatoms. The average Bonchev–Trinajstić information content (AvgIpc) is 2.46. The number of halogens is 3. The molecule has 1 heterocycles. The van der Waals surface area contributed by atoms with Gasteiger partial charge >= 0.3 is 6.18 Å². The lowest BCUT2D eigenvalue weighted by Crippen LogP contribution is -2.48. The van der Waals surface area contributed by atoms with Gasteiger partial charge < -0.3 is 9.80 Å². The Bertz CT molecular complexity index is 543. The summed E-state index contributed by atoms with van der Waals surface area (Å²) in [6, 6.07) is 5.20. The van der Waals surface area contributed by atoms with E-state index in [1.54, 1.807) is 6.07 Å². The maximum absolute atomic E-state index is 12.8. The minimum Gasteiger partial charge on any atom is -0.338 e. The van der Waals surface area contributed by atoms with E-state index in [-0.39, 0.29) is 18.4 Å². The van der Waals surface area contributed by atoms with Crippen LogP contribution in [0.5, 0.6) is 0 Å². The lowest BCUT2D eigenvalue weighted by Gasteiger charge is -2.37. The van der Waals surface area contributed by atoms with Crippen LogP contribution in [0.1, 0.15) is 30.4 Å². The number of piperidine rings is 1. The van der Waals surface area contributed by atoms with Crippen molar-refractivity contribution in [3.8, 4) is 0 Å². The van der Waals surface area contributed by atoms with E-state index in [2.05, 4.69) is 0 Å². The Labute approximate surface area is 135 Å². The molecule has 0 N–H and O–H groups in total. The second-order valence-corrected chi connectivity index (χ2v) is 6.37. The SMILES string of the molecule is CN(C)CC1CCCCN1C(=O)Cc1cccc(C(F)(F)F)c1. The maximum Gasteiger partial charge on any atom is 0.416 e. The summed E-state index contributed by atoms with van der Waals surface area (Å²) in [5.74, 6) is -0.0872. The summed E-state index contributed by atoms with van der Waals surface area (Å²) in [7, 11) is 3.92. The number of carbonyl (C=O) groups is 1. The van der Waals surface area contributed by atoms with Gasteiger partial charge in [0.2, 0.25) is 5.91 Å². The van der Waals surface area contributed by atoms with E-state index in [4.69, 9.17) is 0 Å². The van der Waals surface area contributed by atoms with Crippen LogP contribution in [0, 0.1) is 0 Å². The van der Waals surface area contributed by atoms with E-state index in [9.17, 15) is 18.0 Å². The summed E-state index contributed by atoms with van der Waals surface area (Å²) in [6.45, 7) is 1.48. The van der Waals surface area contributed by atoms with Crippen molar-refractivity contribution in [3.05, 3.63) is 35.4 Å². The number of benzene rings is 1. The summed E-state index contributed by atoms with van der Waals surface area (Å²) in [5.41, 5.74) is -0.287. The van der Waals surface area contributed by atoms with Gasteiger partial charge in [0, 0.05) is 19.1 Å². The van der Waals surface area contributed by atoms with Crippen LogP contribution in [0.2, 0.25) is 0 Å². The van der Waals surface area contributed by atoms with Gasteiger partial charge in [-0.1, -0.05) is 18.2 Å². The van der Waals surface area contributed by atoms with Crippen molar-refractivity contribution in [2.45, 2.75) is 37.9 Å². The standard InChI is InChI=1S/C17H23F3N2O/c1-21(2)12-15-8-3-4-9-22(15)16(23)11-13-6-5-7-14(10-13)17(18,19)20/h5-7,10,15H,3-4,8-9,11-12H2,1-2H3. The highest BCUT2D eigenvalue weighted by molar-refractivity contribution is 5.79. The van der Waals surface area contributed by atoms with Gasteiger partial charge in [-0.05, 0) is 45.0 Å². The molecule has 0 spiro atoms. The van der Waals surface area contributed by atoms with Crippen LogP contribution in [0.15, 0.2) is 24.3 Å². The van der Waals surface area contributed by atoms with Gasteiger partial charge in [0.05, 0.1) is 12.0 Å². The molecule has 2 rings (SSSR count). The molecule has 0 aliphatic carbocycles. The molecule has 1 saturated heterocycles. The fourth-order valence-corrected chi connectivity index (χ4v) is 3.07. The number of rotatable bonds is 4. The number of likely N-dealkylation sites (tertiary alicyclic amines) is 1. The monoisotopic (exact) mass is 328 g/mol. The first-order chi connectivity index (χ1) is 10.8. The van der Waals surface area contributed by atoms with Gasteiger partial charge in [0.15, 0.2) is 0 Å². The van der Waals surface area contributed by atoms with E-state index in [1.807, 2.05) is 23.9 Å². The van der Waals surface area contributed by atoms with Crippen molar-refractivity contribution in [3.63, 3.8) is 0 Å². The van der Waals surface area contributed by atoms with Crippen LogP contribution >= 0.6 is 0 Å². The number of amides is 1. The quantitative estimate of drug-likeness (QED) is 0.847. The summed E-state index contributed by atoms with van der Waals surface area (Å²) in [6.07, 6.45) is -1.36. The average molecular weight is 328 g/mol. The van der Waals surface area contributed by atoms with Crippen LogP contribution in [0.3, 0.4) is 0 Å². The maximum atomic E-state index is 12.8. The van der Waals surface area contributed by atoms with Gasteiger partial charge in [-0.3, -0.25) is 4.79 Å². The van der Waals surface area contributed by atoms with E-state index in [1.165, 1.54) is 6.07 Å². The molecule has 0 radical (unpaired) electrons. The van der Waals surface area contributed by atoms with Crippen molar-refractivity contribution >= 4 is 5.91 Å². The Hall–Kier alpha value is -1.56. The largest absolute Gasteiger partial charge is 0.416 e. The van der Waals surface area contributed by atoms with Gasteiger partial charge in [0.1, 0.15) is 0 Å². The Morgan fingerprint density at radius 1 is 1.30 bits per heavy atom. The van der Waals surface area contributed by atoms with Crippen LogP contribution < -0.4 is 0 Å². The highest BCUT2D eigenvalue weighted by Crippen LogP contribution is 2.30. The van der Waals surface area contributed by atoms with Crippen LogP contribution in [-0.2, 0) is 17.4 Å². The third-order valence-electron chi connectivity index (χ3n) is 4.13. The zero-order chi connectivity index (χ0) is 17.0. The van der Waals surface area contributed by atoms with Crippen LogP contribution in [0.4, 0.5) is 13.2 Å². The van der Waals surface area contributed by atoms with Gasteiger partial charge in [-0.2, -0.15) is 13.2 Å². The molecule has 0 bridgehead atoms. The molecular weight excluding hydrogens is 305 g/mol. The molecule has 0 saturated carbocycles. The molecular formula is C17H23F3N2O. The molecule has 3 nitrogen and oxygen atoms in total. The third kappa shape index (κ3) is 4.96. The van der Waals surface area contributed by atoms with Gasteiger partial charge in [0.25, 0.3) is 0 Å². The Morgan fingerprint density at radius 3 is 2.70 bits per heavy atom. The summed E-state index contributed by atoms with van der Waals surface area (Å²) >= 11 is 0. The van der Waals surface area contributed by atoms with E-state index >= 15 is 0 Å². The van der Waals surface area contributed by atoms with Crippen molar-refractivity contribution in [2.75, 3.05) is 27.2 Å². The van der Waals surface area contributed by atoms with Crippen molar-refractivity contribution in [1.29, 1.82) is 0 Å². The lowest BCUT2D eigenvalue weighted by atomic mass is 10.00. The Morgan fingerprint density at radius 2 is 2.04 bits per heavy atom. The zero-order valence-electron chi connectivity index (χ0n) is 13.6. The molecule has 23 heavy (non-hydrogen) atoms. The van der Waals surface area contributed by atoms with Crippen molar-refractivity contribution in [1.82, 2.24) is 9.80 Å². The minimum atomic E-state index is -4.38. The summed E-state index contributed by atoms with van der Waals surface area (Å²) in [5, 5.41) is 0. The molecule has 0 aromatic heterocycles. The smallest absolute Gasteiger partial charge is 0.338 e. The molecule has 1 atom stereocenters. The van der Waals surface area contributed by atoms with Crippen molar-refractivity contribution < 1.29 is 18.0 Å². The fraction of sp³-hybridized carbons (Fsp3) is 0.588. The predicted octanol–water partition coefficient (Wildman–Crippen LogP) is 3.19. The molecule has 128 valence electrons. The molecule has 1 unspecified atom stereocenters. The minimum absolute atomic E-state index is 0.0217. The van der Waals surface area contributed by atoms with E-state index in [0.717, 1.165) is 37.9 Å². The van der Waals surface area contributed by atoms with Crippen molar-refractivity contribution in [2.24, 2.45) is 0 Å². The molecule has 1 aromatic rings. The molecule has 1 aliphatic rings. The lowest BCUT2D eigenvalue weighted by molar-refractivity contribution is -0.138. The Kier molecular flexibility index (Phi) is 5.68. The second kappa shape index (κ2) is 7.34. The fourth-order valence-electron chi connectivity index (χ4n) is 3.07. The zero-order valence-corrected chi connectivity index (χ0v) is 13.6. The molecule has 1 aromatic carbocycles. The van der Waals surface area contributed by atoms with E-state index < -0.39 is 11.7 Å². The molecule has 1 aliphatic heterocycles. The topological polar surface area (TPSA) is 23.6 Å². The van der Waals surface area contributed by atoms with Crippen LogP contribution in [0.25, 0.3) is 0 Å². The number of alkyl halides is 3. The van der Waals surface area contributed by atoms with Gasteiger partial charge in [-0.25, -0.2) is 0 Å². The number of hydrogen-bond donors (Lipinski definition) is 0. The van der Waals surface area contributed by atoms with E-state index in [0.29, 0.717) is 12.1 Å². The normalized spacial score (nSPS) is 19.2. The first kappa shape index (κ1) is 17.8. The number of likely N-dealkylation sites (N-methyl/N-ethyl adjacent to an activating group) is 1. The molecule has 1 amide bonds. The first-order valence-corrected chi connectivity index (χ1v) is 7.87.